The van der Waals surface area contributed by atoms with Gasteiger partial charge in [-0.25, -0.2) is 4.98 Å². The second-order valence-corrected chi connectivity index (χ2v) is 7.96. The lowest BCUT2D eigenvalue weighted by atomic mass is 10.0. The summed E-state index contributed by atoms with van der Waals surface area (Å²) < 4.78 is 15.1. The highest BCUT2D eigenvalue weighted by molar-refractivity contribution is 5.89. The van der Waals surface area contributed by atoms with Crippen molar-refractivity contribution in [2.75, 3.05) is 13.3 Å². The predicted octanol–water partition coefficient (Wildman–Crippen LogP) is 4.28. The number of rotatable bonds is 7. The second kappa shape index (κ2) is 8.42. The van der Waals surface area contributed by atoms with Crippen LogP contribution in [0.4, 0.5) is 0 Å². The number of hydrogen-bond donors (Lipinski definition) is 1. The van der Waals surface area contributed by atoms with E-state index in [0.29, 0.717) is 18.0 Å². The molecule has 1 amide bonds. The molecule has 164 valence electrons. The molecule has 5 rings (SSSR count). The third-order valence-corrected chi connectivity index (χ3v) is 5.82. The van der Waals surface area contributed by atoms with Gasteiger partial charge in [0.05, 0.1) is 16.7 Å². The number of fused-ring (bicyclic) bond motifs is 2. The average molecular weight is 431 g/mol. The van der Waals surface area contributed by atoms with E-state index in [1.54, 1.807) is 0 Å². The summed E-state index contributed by atoms with van der Waals surface area (Å²) >= 11 is 0. The number of carbonyl (C=O) groups excluding carboxylic acids is 1. The van der Waals surface area contributed by atoms with Gasteiger partial charge in [0.25, 0.3) is 0 Å². The topological polar surface area (TPSA) is 70.3 Å². The van der Waals surface area contributed by atoms with E-state index in [4.69, 9.17) is 14.5 Å². The van der Waals surface area contributed by atoms with E-state index in [0.717, 1.165) is 41.0 Å². The van der Waals surface area contributed by atoms with E-state index in [-0.39, 0.29) is 12.7 Å². The highest BCUT2D eigenvalue weighted by Crippen LogP contribution is 2.38. The summed E-state index contributed by atoms with van der Waals surface area (Å²) in [6, 6.07) is 17.0. The van der Waals surface area contributed by atoms with Gasteiger partial charge in [-0.2, -0.15) is 0 Å². The van der Waals surface area contributed by atoms with Crippen LogP contribution in [0.25, 0.3) is 22.6 Å². The number of amides is 1. The van der Waals surface area contributed by atoms with Crippen LogP contribution >= 0.6 is 0 Å². The lowest BCUT2D eigenvalue weighted by Crippen LogP contribution is -2.34. The van der Waals surface area contributed by atoms with Crippen LogP contribution in [0.3, 0.4) is 0 Å². The molecule has 4 aromatic rings. The molecule has 1 atom stereocenters. The summed E-state index contributed by atoms with van der Waals surface area (Å²) in [5.74, 6) is 2.01. The zero-order valence-electron chi connectivity index (χ0n) is 18.2. The van der Waals surface area contributed by atoms with E-state index in [1.807, 2.05) is 77.0 Å². The van der Waals surface area contributed by atoms with Crippen LogP contribution in [0.2, 0.25) is 0 Å². The minimum Gasteiger partial charge on any atom is -0.454 e. The first kappa shape index (κ1) is 20.2. The Kier molecular flexibility index (Phi) is 5.31. The van der Waals surface area contributed by atoms with E-state index < -0.39 is 6.04 Å². The molecule has 1 N–H and O–H groups in total. The maximum Gasteiger partial charge on any atom is 0.247 e. The van der Waals surface area contributed by atoms with Crippen LogP contribution in [0.5, 0.6) is 11.5 Å². The largest absolute Gasteiger partial charge is 0.454 e. The third kappa shape index (κ3) is 3.49. The number of nitrogens with one attached hydrogen (secondary N) is 1. The van der Waals surface area contributed by atoms with Gasteiger partial charge >= 0.3 is 0 Å². The normalized spacial score (nSPS) is 13.4. The Balaban J connectivity index is 1.71. The predicted molar refractivity (Wildman–Crippen MR) is 123 cm³/mol. The first-order valence-electron chi connectivity index (χ1n) is 10.9. The van der Waals surface area contributed by atoms with Crippen LogP contribution in [-0.2, 0) is 11.8 Å². The van der Waals surface area contributed by atoms with Crippen molar-refractivity contribution in [3.05, 3.63) is 66.4 Å². The molecule has 0 bridgehead atoms. The number of imidazole rings is 1. The number of aryl methyl sites for hydroxylation is 1. The zero-order valence-corrected chi connectivity index (χ0v) is 18.2. The quantitative estimate of drug-likeness (QED) is 0.445. The Morgan fingerprint density at radius 2 is 1.97 bits per heavy atom. The minimum absolute atomic E-state index is 0.0732. The Hall–Kier alpha value is -3.74. The van der Waals surface area contributed by atoms with E-state index in [9.17, 15) is 4.79 Å². The SMILES string of the molecule is CCCCNC(=O)C(c1ccc2c(c1)OCO2)n1c(-c2cccn2C)nc2ccccc21. The average Bonchev–Trinajstić information content (AvgIpc) is 3.52. The fourth-order valence-corrected chi connectivity index (χ4v) is 4.17. The van der Waals surface area contributed by atoms with Gasteiger partial charge in [-0.15, -0.1) is 0 Å². The molecule has 2 aromatic carbocycles. The van der Waals surface area contributed by atoms with Crippen LogP contribution in [0.1, 0.15) is 31.4 Å². The van der Waals surface area contributed by atoms with E-state index in [1.165, 1.54) is 0 Å². The number of benzene rings is 2. The molecule has 0 fully saturated rings. The summed E-state index contributed by atoms with van der Waals surface area (Å²) in [4.78, 5) is 18.5. The highest BCUT2D eigenvalue weighted by atomic mass is 16.7. The number of unbranched alkanes of at least 4 members (excludes halogenated alkanes) is 1. The van der Waals surface area contributed by atoms with Crippen molar-refractivity contribution in [1.82, 2.24) is 19.4 Å². The number of hydrogen-bond acceptors (Lipinski definition) is 4. The van der Waals surface area contributed by atoms with Crippen molar-refractivity contribution in [2.45, 2.75) is 25.8 Å². The van der Waals surface area contributed by atoms with Crippen molar-refractivity contribution in [1.29, 1.82) is 0 Å². The minimum atomic E-state index is -0.612. The molecule has 0 radical (unpaired) electrons. The molecular weight excluding hydrogens is 404 g/mol. The van der Waals surface area contributed by atoms with Crippen molar-refractivity contribution >= 4 is 16.9 Å². The number of ether oxygens (including phenoxy) is 2. The van der Waals surface area contributed by atoms with Crippen molar-refractivity contribution in [2.24, 2.45) is 7.05 Å². The fourth-order valence-electron chi connectivity index (χ4n) is 4.17. The van der Waals surface area contributed by atoms with Crippen molar-refractivity contribution in [3.63, 3.8) is 0 Å². The Labute approximate surface area is 186 Å². The smallest absolute Gasteiger partial charge is 0.247 e. The van der Waals surface area contributed by atoms with Gasteiger partial charge in [-0.1, -0.05) is 31.5 Å². The first-order chi connectivity index (χ1) is 15.7. The molecule has 0 saturated carbocycles. The number of carbonyl (C=O) groups is 1. The summed E-state index contributed by atoms with van der Waals surface area (Å²) in [7, 11) is 1.98. The Morgan fingerprint density at radius 3 is 2.78 bits per heavy atom. The Morgan fingerprint density at radius 1 is 1.12 bits per heavy atom. The van der Waals surface area contributed by atoms with E-state index >= 15 is 0 Å². The molecule has 0 saturated heterocycles. The molecule has 1 aliphatic rings. The molecule has 7 nitrogen and oxygen atoms in total. The first-order valence-corrected chi connectivity index (χ1v) is 10.9. The molecule has 2 aromatic heterocycles. The van der Waals surface area contributed by atoms with Gasteiger partial charge < -0.3 is 23.9 Å². The van der Waals surface area contributed by atoms with Gasteiger partial charge in [0.15, 0.2) is 17.3 Å². The lowest BCUT2D eigenvalue weighted by molar-refractivity contribution is -0.123. The van der Waals surface area contributed by atoms with Crippen LogP contribution < -0.4 is 14.8 Å². The van der Waals surface area contributed by atoms with Crippen LogP contribution in [-0.4, -0.2) is 33.4 Å². The molecule has 32 heavy (non-hydrogen) atoms. The zero-order chi connectivity index (χ0) is 22.1. The van der Waals surface area contributed by atoms with Gasteiger partial charge in [0, 0.05) is 19.8 Å². The number of para-hydroxylation sites is 2. The summed E-state index contributed by atoms with van der Waals surface area (Å²) in [6.07, 6.45) is 3.92. The molecule has 0 spiro atoms. The van der Waals surface area contributed by atoms with Gasteiger partial charge in [0.2, 0.25) is 12.7 Å². The lowest BCUT2D eigenvalue weighted by Gasteiger charge is -2.22. The molecule has 7 heteroatoms. The summed E-state index contributed by atoms with van der Waals surface area (Å²) in [5, 5.41) is 3.12. The monoisotopic (exact) mass is 430 g/mol. The molecule has 1 aliphatic heterocycles. The van der Waals surface area contributed by atoms with Gasteiger partial charge in [-0.05, 0) is 48.4 Å². The third-order valence-electron chi connectivity index (χ3n) is 5.82. The Bertz CT molecular complexity index is 1270. The molecule has 1 unspecified atom stereocenters. The highest BCUT2D eigenvalue weighted by Gasteiger charge is 2.30. The standard InChI is InChI=1S/C25H26N4O3/c1-3-4-13-26-25(30)23(17-11-12-21-22(15-17)32-16-31-21)29-19-9-6-5-8-18(19)27-24(29)20-10-7-14-28(20)2/h5-12,14-15,23H,3-4,13,16H2,1-2H3,(H,26,30). The maximum absolute atomic E-state index is 13.6. The molecule has 0 aliphatic carbocycles. The van der Waals surface area contributed by atoms with E-state index in [2.05, 4.69) is 12.2 Å². The summed E-state index contributed by atoms with van der Waals surface area (Å²) in [6.45, 7) is 2.93. The molecule has 3 heterocycles. The van der Waals surface area contributed by atoms with Gasteiger partial charge in [-0.3, -0.25) is 4.79 Å². The van der Waals surface area contributed by atoms with Crippen LogP contribution in [0, 0.1) is 0 Å². The van der Waals surface area contributed by atoms with Crippen molar-refractivity contribution < 1.29 is 14.3 Å². The number of aromatic nitrogens is 3. The van der Waals surface area contributed by atoms with Crippen molar-refractivity contribution in [3.8, 4) is 23.0 Å². The second-order valence-electron chi connectivity index (χ2n) is 7.96. The maximum atomic E-state index is 13.6. The number of nitrogens with zero attached hydrogens (tertiary/aromatic N) is 3. The summed E-state index contributed by atoms with van der Waals surface area (Å²) in [5.41, 5.74) is 3.50. The van der Waals surface area contributed by atoms with Crippen LogP contribution in [0.15, 0.2) is 60.8 Å². The molecular formula is C25H26N4O3. The van der Waals surface area contributed by atoms with Gasteiger partial charge in [0.1, 0.15) is 6.04 Å². The fraction of sp³-hybridized carbons (Fsp3) is 0.280.